The van der Waals surface area contributed by atoms with Crippen LogP contribution in [0.15, 0.2) is 85.0 Å². The summed E-state index contributed by atoms with van der Waals surface area (Å²) in [4.78, 5) is 26.8. The summed E-state index contributed by atoms with van der Waals surface area (Å²) < 4.78 is 5.69. The number of rotatable bonds is 5. The third kappa shape index (κ3) is 5.89. The van der Waals surface area contributed by atoms with Crippen molar-refractivity contribution in [2.75, 3.05) is 11.9 Å². The highest BCUT2D eigenvalue weighted by atomic mass is 35.5. The highest BCUT2D eigenvalue weighted by Gasteiger charge is 2.34. The number of nitrogens with one attached hydrogen (secondary N) is 1. The molecule has 0 fully saturated rings. The summed E-state index contributed by atoms with van der Waals surface area (Å²) in [6.45, 7) is 5.86. The van der Waals surface area contributed by atoms with E-state index in [4.69, 9.17) is 34.4 Å². The minimum atomic E-state index is -0.488. The number of ether oxygens (including phenoxy) is 1. The molecule has 3 aromatic carbocycles. The van der Waals surface area contributed by atoms with E-state index in [-0.39, 0.29) is 5.91 Å². The van der Waals surface area contributed by atoms with Crippen LogP contribution in [0.3, 0.4) is 0 Å². The van der Waals surface area contributed by atoms with Crippen molar-refractivity contribution in [3.63, 3.8) is 0 Å². The Labute approximate surface area is 226 Å². The number of amides is 2. The number of benzene rings is 3. The Hall–Kier alpha value is -3.98. The zero-order chi connectivity index (χ0) is 26.5. The zero-order valence-corrected chi connectivity index (χ0v) is 21.6. The third-order valence-electron chi connectivity index (χ3n) is 6.20. The normalized spacial score (nSPS) is 15.1. The van der Waals surface area contributed by atoms with Crippen molar-refractivity contribution in [3.8, 4) is 18.1 Å². The van der Waals surface area contributed by atoms with Crippen LogP contribution in [-0.4, -0.2) is 23.4 Å². The number of anilines is 1. The van der Waals surface area contributed by atoms with Gasteiger partial charge in [-0.25, -0.2) is 4.79 Å². The van der Waals surface area contributed by atoms with Crippen molar-refractivity contribution in [3.05, 3.63) is 112 Å². The number of hydrogen-bond donors (Lipinski definition) is 1. The number of nitrogens with zero attached hydrogens (tertiary/aromatic N) is 1. The lowest BCUT2D eigenvalue weighted by molar-refractivity contribution is -0.111. The van der Waals surface area contributed by atoms with Gasteiger partial charge in [-0.05, 0) is 96.3 Å². The van der Waals surface area contributed by atoms with Crippen LogP contribution in [0.1, 0.15) is 36.1 Å². The van der Waals surface area contributed by atoms with Crippen molar-refractivity contribution >= 4 is 46.5 Å². The highest BCUT2D eigenvalue weighted by molar-refractivity contribution is 6.31. The fraction of sp³-hybridized carbons (Fsp3) is 0.133. The first kappa shape index (κ1) is 26.1. The summed E-state index contributed by atoms with van der Waals surface area (Å²) >= 11 is 12.3. The van der Waals surface area contributed by atoms with E-state index >= 15 is 0 Å². The first-order valence-corrected chi connectivity index (χ1v) is 12.3. The fourth-order valence-corrected chi connectivity index (χ4v) is 4.73. The number of carbonyl (C=O) groups is 2. The molecular weight excluding hydrogens is 507 g/mol. The van der Waals surface area contributed by atoms with Gasteiger partial charge < -0.3 is 10.1 Å². The molecule has 0 bridgehead atoms. The Bertz CT molecular complexity index is 1420. The van der Waals surface area contributed by atoms with Gasteiger partial charge in [0, 0.05) is 27.8 Å². The molecule has 0 radical (unpaired) electrons. The van der Waals surface area contributed by atoms with Crippen LogP contribution in [0.4, 0.5) is 10.5 Å². The van der Waals surface area contributed by atoms with Gasteiger partial charge in [-0.15, -0.1) is 6.42 Å². The molecule has 0 saturated heterocycles. The molecule has 1 atom stereocenters. The molecule has 3 aromatic rings. The van der Waals surface area contributed by atoms with Crippen molar-refractivity contribution in [2.45, 2.75) is 19.4 Å². The van der Waals surface area contributed by atoms with Gasteiger partial charge in [-0.1, -0.05) is 47.8 Å². The van der Waals surface area contributed by atoms with Crippen LogP contribution >= 0.6 is 23.2 Å². The fourth-order valence-electron chi connectivity index (χ4n) is 4.43. The van der Waals surface area contributed by atoms with E-state index in [2.05, 4.69) is 17.8 Å². The average Bonchev–Trinajstić information content (AvgIpc) is 2.90. The van der Waals surface area contributed by atoms with Crippen LogP contribution in [-0.2, 0) is 4.79 Å². The lowest BCUT2D eigenvalue weighted by atomic mass is 9.84. The van der Waals surface area contributed by atoms with Crippen LogP contribution in [0.25, 0.3) is 5.57 Å². The van der Waals surface area contributed by atoms with E-state index in [9.17, 15) is 9.59 Å². The maximum atomic E-state index is 13.4. The summed E-state index contributed by atoms with van der Waals surface area (Å²) in [5.41, 5.74) is 5.05. The topological polar surface area (TPSA) is 58.6 Å². The maximum Gasteiger partial charge on any atom is 0.416 e. The van der Waals surface area contributed by atoms with E-state index in [0.29, 0.717) is 34.4 Å². The van der Waals surface area contributed by atoms with Gasteiger partial charge in [0.1, 0.15) is 5.75 Å². The van der Waals surface area contributed by atoms with Crippen LogP contribution in [0.2, 0.25) is 10.0 Å². The predicted octanol–water partition coefficient (Wildman–Crippen LogP) is 7.52. The van der Waals surface area contributed by atoms with Gasteiger partial charge in [-0.3, -0.25) is 9.69 Å². The Morgan fingerprint density at radius 3 is 2.41 bits per heavy atom. The van der Waals surface area contributed by atoms with Gasteiger partial charge in [0.15, 0.2) is 0 Å². The molecule has 0 spiro atoms. The van der Waals surface area contributed by atoms with Crippen molar-refractivity contribution in [1.82, 2.24) is 4.90 Å². The second-order valence-electron chi connectivity index (χ2n) is 8.48. The number of hydrogen-bond acceptors (Lipinski definition) is 3. The molecule has 186 valence electrons. The standard InChI is InChI=1S/C30H24Cl2N2O3/c1-4-20-6-9-23(32)18-27(20)26-16-17-34(30(36)37-25-14-10-22(31)11-15-25)29(19(26)3)21-7-12-24(13-8-21)33-28(35)5-2/h1,5-15,18,29H,2,16-17H2,3H3,(H,33,35). The van der Waals surface area contributed by atoms with Crippen molar-refractivity contribution in [2.24, 2.45) is 0 Å². The lowest BCUT2D eigenvalue weighted by Gasteiger charge is -2.38. The molecular formula is C30H24Cl2N2O3. The summed E-state index contributed by atoms with van der Waals surface area (Å²) in [6, 6.07) is 19.0. The molecule has 5 nitrogen and oxygen atoms in total. The first-order valence-electron chi connectivity index (χ1n) is 11.5. The second-order valence-corrected chi connectivity index (χ2v) is 9.35. The largest absolute Gasteiger partial charge is 0.416 e. The smallest absolute Gasteiger partial charge is 0.410 e. The minimum Gasteiger partial charge on any atom is -0.410 e. The lowest BCUT2D eigenvalue weighted by Crippen LogP contribution is -2.41. The maximum absolute atomic E-state index is 13.4. The number of halogens is 2. The van der Waals surface area contributed by atoms with Gasteiger partial charge >= 0.3 is 6.09 Å². The summed E-state index contributed by atoms with van der Waals surface area (Å²) in [6.07, 6.45) is 7.07. The molecule has 0 aromatic heterocycles. The second kappa shape index (κ2) is 11.4. The first-order chi connectivity index (χ1) is 17.8. The minimum absolute atomic E-state index is 0.306. The van der Waals surface area contributed by atoms with Gasteiger partial charge in [0.05, 0.1) is 6.04 Å². The van der Waals surface area contributed by atoms with E-state index in [1.54, 1.807) is 47.4 Å². The molecule has 2 amide bonds. The van der Waals surface area contributed by atoms with E-state index in [0.717, 1.165) is 27.8 Å². The number of terminal acetylenes is 1. The molecule has 7 heteroatoms. The van der Waals surface area contributed by atoms with Gasteiger partial charge in [0.25, 0.3) is 0 Å². The molecule has 1 N–H and O–H groups in total. The van der Waals surface area contributed by atoms with Crippen molar-refractivity contribution < 1.29 is 14.3 Å². The molecule has 37 heavy (non-hydrogen) atoms. The summed E-state index contributed by atoms with van der Waals surface area (Å²) in [7, 11) is 0. The van der Waals surface area contributed by atoms with E-state index in [1.165, 1.54) is 6.08 Å². The summed E-state index contributed by atoms with van der Waals surface area (Å²) in [5.74, 6) is 2.83. The van der Waals surface area contributed by atoms with E-state index in [1.807, 2.05) is 31.2 Å². The molecule has 1 unspecified atom stereocenters. The predicted molar refractivity (Wildman–Crippen MR) is 149 cm³/mol. The van der Waals surface area contributed by atoms with Gasteiger partial charge in [0.2, 0.25) is 5.91 Å². The average molecular weight is 531 g/mol. The molecule has 4 rings (SSSR count). The zero-order valence-electron chi connectivity index (χ0n) is 20.1. The van der Waals surface area contributed by atoms with Crippen LogP contribution in [0.5, 0.6) is 5.75 Å². The SMILES string of the molecule is C#Cc1ccc(Cl)cc1C1=C(C)C(c2ccc(NC(=O)C=C)cc2)N(C(=O)Oc2ccc(Cl)cc2)CC1. The molecule has 1 aliphatic heterocycles. The molecule has 1 aliphatic rings. The third-order valence-corrected chi connectivity index (χ3v) is 6.68. The molecule has 1 heterocycles. The Morgan fingerprint density at radius 2 is 1.76 bits per heavy atom. The Balaban J connectivity index is 1.75. The molecule has 0 saturated carbocycles. The monoisotopic (exact) mass is 530 g/mol. The molecule has 0 aliphatic carbocycles. The highest BCUT2D eigenvalue weighted by Crippen LogP contribution is 2.41. The Morgan fingerprint density at radius 1 is 1.08 bits per heavy atom. The number of carbonyl (C=O) groups excluding carboxylic acids is 2. The van der Waals surface area contributed by atoms with Gasteiger partial charge in [-0.2, -0.15) is 0 Å². The van der Waals surface area contributed by atoms with Crippen LogP contribution < -0.4 is 10.1 Å². The quantitative estimate of drug-likeness (QED) is 0.274. The van der Waals surface area contributed by atoms with Crippen molar-refractivity contribution in [1.29, 1.82) is 0 Å². The van der Waals surface area contributed by atoms with Crippen LogP contribution in [0, 0.1) is 12.3 Å². The summed E-state index contributed by atoms with van der Waals surface area (Å²) in [5, 5.41) is 3.87. The van der Waals surface area contributed by atoms with E-state index < -0.39 is 12.1 Å². The Kier molecular flexibility index (Phi) is 8.03.